The van der Waals surface area contributed by atoms with Crippen molar-refractivity contribution in [1.29, 1.82) is 0 Å². The number of fused-ring (bicyclic) bond motifs is 1. The quantitative estimate of drug-likeness (QED) is 0.544. The number of amides is 3. The van der Waals surface area contributed by atoms with Gasteiger partial charge in [0.15, 0.2) is 0 Å². The molecule has 0 saturated carbocycles. The number of alkyl halides is 3. The molecule has 3 aliphatic rings. The summed E-state index contributed by atoms with van der Waals surface area (Å²) in [6.07, 6.45) is -2.86. The predicted octanol–water partition coefficient (Wildman–Crippen LogP) is 3.67. The predicted molar refractivity (Wildman–Crippen MR) is 140 cm³/mol. The molecule has 0 aromatic heterocycles. The van der Waals surface area contributed by atoms with Crippen molar-refractivity contribution >= 4 is 23.4 Å². The molecular weight excluding hydrogens is 527 g/mol. The summed E-state index contributed by atoms with van der Waals surface area (Å²) in [5, 5.41) is 11.2. The van der Waals surface area contributed by atoms with Crippen molar-refractivity contribution in [2.45, 2.75) is 37.5 Å². The van der Waals surface area contributed by atoms with E-state index >= 15 is 0 Å². The Bertz CT molecular complexity index is 1310. The average molecular weight is 560 g/mol. The van der Waals surface area contributed by atoms with Gasteiger partial charge in [0.1, 0.15) is 0 Å². The lowest BCUT2D eigenvalue weighted by Crippen LogP contribution is -2.50. The SMILES string of the molecule is COCCN1C(=O)c2cccc(N3CCC[C@@H](C(=O)N4CCC(O)(c5cccc(C(F)(F)F)c5)CC4)C3)c2C1=O. The Labute approximate surface area is 230 Å². The number of aliphatic hydroxyl groups is 1. The van der Waals surface area contributed by atoms with Crippen LogP contribution in [0.25, 0.3) is 0 Å². The molecule has 214 valence electrons. The molecule has 0 spiro atoms. The van der Waals surface area contributed by atoms with Crippen LogP contribution in [-0.2, 0) is 21.3 Å². The summed E-state index contributed by atoms with van der Waals surface area (Å²) in [7, 11) is 1.50. The summed E-state index contributed by atoms with van der Waals surface area (Å²) < 4.78 is 44.6. The van der Waals surface area contributed by atoms with E-state index in [1.165, 1.54) is 24.1 Å². The molecule has 3 heterocycles. The highest BCUT2D eigenvalue weighted by Gasteiger charge is 2.41. The van der Waals surface area contributed by atoms with E-state index in [1.54, 1.807) is 23.1 Å². The van der Waals surface area contributed by atoms with Crippen LogP contribution >= 0.6 is 0 Å². The maximum atomic E-state index is 13.5. The number of halogens is 3. The summed E-state index contributed by atoms with van der Waals surface area (Å²) in [6, 6.07) is 9.92. The van der Waals surface area contributed by atoms with Gasteiger partial charge in [-0.1, -0.05) is 18.2 Å². The number of benzene rings is 2. The molecule has 0 unspecified atom stereocenters. The molecule has 40 heavy (non-hydrogen) atoms. The fourth-order valence-corrected chi connectivity index (χ4v) is 5.99. The van der Waals surface area contributed by atoms with E-state index in [0.29, 0.717) is 36.3 Å². The molecule has 2 fully saturated rings. The van der Waals surface area contributed by atoms with Crippen molar-refractivity contribution in [3.63, 3.8) is 0 Å². The van der Waals surface area contributed by atoms with E-state index in [9.17, 15) is 32.7 Å². The monoisotopic (exact) mass is 559 g/mol. The molecule has 0 radical (unpaired) electrons. The minimum Gasteiger partial charge on any atom is -0.385 e. The van der Waals surface area contributed by atoms with E-state index in [1.807, 2.05) is 4.90 Å². The Kier molecular flexibility index (Phi) is 7.62. The smallest absolute Gasteiger partial charge is 0.385 e. The Balaban J connectivity index is 1.27. The zero-order valence-electron chi connectivity index (χ0n) is 22.2. The van der Waals surface area contributed by atoms with Crippen molar-refractivity contribution < 1.29 is 37.4 Å². The van der Waals surface area contributed by atoms with E-state index in [4.69, 9.17) is 4.74 Å². The van der Waals surface area contributed by atoms with Crippen LogP contribution in [0, 0.1) is 5.92 Å². The molecule has 1 atom stereocenters. The van der Waals surface area contributed by atoms with Gasteiger partial charge in [-0.15, -0.1) is 0 Å². The fraction of sp³-hybridized carbons (Fsp3) is 0.483. The van der Waals surface area contributed by atoms with Crippen LogP contribution in [0.2, 0.25) is 0 Å². The van der Waals surface area contributed by atoms with E-state index in [0.717, 1.165) is 18.6 Å². The van der Waals surface area contributed by atoms with Gasteiger partial charge in [0.05, 0.1) is 47.0 Å². The number of hydrogen-bond donors (Lipinski definition) is 1. The normalized spacial score (nSPS) is 21.1. The number of likely N-dealkylation sites (tertiary alicyclic amines) is 1. The zero-order valence-corrected chi connectivity index (χ0v) is 22.2. The third-order valence-corrected chi connectivity index (χ3v) is 8.24. The van der Waals surface area contributed by atoms with E-state index < -0.39 is 17.3 Å². The largest absolute Gasteiger partial charge is 0.416 e. The second kappa shape index (κ2) is 10.9. The van der Waals surface area contributed by atoms with Gasteiger partial charge in [-0.25, -0.2) is 0 Å². The number of imide groups is 1. The van der Waals surface area contributed by atoms with Crippen LogP contribution in [0.1, 0.15) is 57.5 Å². The molecular formula is C29H32F3N3O5. The molecule has 0 aliphatic carbocycles. The molecule has 1 N–H and O–H groups in total. The summed E-state index contributed by atoms with van der Waals surface area (Å²) in [4.78, 5) is 44.4. The lowest BCUT2D eigenvalue weighted by Gasteiger charge is -2.41. The molecule has 2 saturated heterocycles. The second-order valence-corrected chi connectivity index (χ2v) is 10.7. The Hall–Kier alpha value is -3.44. The minimum atomic E-state index is -4.51. The molecule has 3 aliphatic heterocycles. The molecule has 3 amide bonds. The average Bonchev–Trinajstić information content (AvgIpc) is 3.20. The van der Waals surface area contributed by atoms with Crippen LogP contribution in [-0.4, -0.2) is 79.1 Å². The first kappa shape index (κ1) is 28.1. The second-order valence-electron chi connectivity index (χ2n) is 10.7. The first-order valence-corrected chi connectivity index (χ1v) is 13.5. The topological polar surface area (TPSA) is 90.4 Å². The number of piperidine rings is 2. The van der Waals surface area contributed by atoms with Gasteiger partial charge >= 0.3 is 6.18 Å². The van der Waals surface area contributed by atoms with E-state index in [2.05, 4.69) is 0 Å². The molecule has 2 aromatic rings. The highest BCUT2D eigenvalue weighted by molar-refractivity contribution is 6.23. The lowest BCUT2D eigenvalue weighted by molar-refractivity contribution is -0.140. The standard InChI is InChI=1S/C29H32F3N3O5/c1-40-16-15-35-26(37)22-8-3-9-23(24(22)27(35)38)34-12-4-5-19(18-34)25(36)33-13-10-28(39,11-14-33)20-6-2-7-21(17-20)29(30,31)32/h2-3,6-9,17,19,39H,4-5,10-16,18H2,1H3/t19-/m1/s1. The van der Waals surface area contributed by atoms with Gasteiger partial charge in [-0.3, -0.25) is 19.3 Å². The van der Waals surface area contributed by atoms with Crippen LogP contribution in [0.3, 0.4) is 0 Å². The Morgan fingerprint density at radius 1 is 1.07 bits per heavy atom. The molecule has 0 bridgehead atoms. The number of carbonyl (C=O) groups excluding carboxylic acids is 3. The highest BCUT2D eigenvalue weighted by atomic mass is 19.4. The maximum Gasteiger partial charge on any atom is 0.416 e. The summed E-state index contributed by atoms with van der Waals surface area (Å²) in [5.74, 6) is -1.15. The zero-order chi connectivity index (χ0) is 28.7. The minimum absolute atomic E-state index is 0.0764. The number of hydrogen-bond acceptors (Lipinski definition) is 6. The van der Waals surface area contributed by atoms with Crippen LogP contribution < -0.4 is 4.90 Å². The van der Waals surface area contributed by atoms with Gasteiger partial charge in [0.25, 0.3) is 11.8 Å². The summed E-state index contributed by atoms with van der Waals surface area (Å²) in [5.41, 5.74) is -0.727. The Morgan fingerprint density at radius 2 is 1.80 bits per heavy atom. The molecule has 8 nitrogen and oxygen atoms in total. The van der Waals surface area contributed by atoms with E-state index in [-0.39, 0.29) is 68.3 Å². The van der Waals surface area contributed by atoms with Crippen molar-refractivity contribution in [3.8, 4) is 0 Å². The third kappa shape index (κ3) is 5.19. The first-order valence-electron chi connectivity index (χ1n) is 13.5. The number of carbonyl (C=O) groups is 3. The van der Waals surface area contributed by atoms with Crippen molar-refractivity contribution in [2.75, 3.05) is 51.3 Å². The fourth-order valence-electron chi connectivity index (χ4n) is 5.99. The van der Waals surface area contributed by atoms with Crippen LogP contribution in [0.15, 0.2) is 42.5 Å². The van der Waals surface area contributed by atoms with Crippen molar-refractivity contribution in [2.24, 2.45) is 5.92 Å². The van der Waals surface area contributed by atoms with Gasteiger partial charge in [0, 0.05) is 33.3 Å². The number of methoxy groups -OCH3 is 1. The van der Waals surface area contributed by atoms with Crippen LogP contribution in [0.4, 0.5) is 18.9 Å². The summed E-state index contributed by atoms with van der Waals surface area (Å²) >= 11 is 0. The lowest BCUT2D eigenvalue weighted by atomic mass is 9.83. The number of nitrogens with zero attached hydrogens (tertiary/aromatic N) is 3. The van der Waals surface area contributed by atoms with Crippen LogP contribution in [0.5, 0.6) is 0 Å². The molecule has 11 heteroatoms. The first-order chi connectivity index (χ1) is 19.0. The molecule has 2 aromatic carbocycles. The van der Waals surface area contributed by atoms with Gasteiger partial charge in [0.2, 0.25) is 5.91 Å². The number of anilines is 1. The van der Waals surface area contributed by atoms with Gasteiger partial charge in [-0.2, -0.15) is 13.2 Å². The summed E-state index contributed by atoms with van der Waals surface area (Å²) in [6.45, 7) is 1.86. The van der Waals surface area contributed by atoms with Gasteiger partial charge in [-0.05, 0) is 55.5 Å². The van der Waals surface area contributed by atoms with Crippen molar-refractivity contribution in [3.05, 3.63) is 64.7 Å². The van der Waals surface area contributed by atoms with Crippen molar-refractivity contribution in [1.82, 2.24) is 9.80 Å². The molecule has 5 rings (SSSR count). The third-order valence-electron chi connectivity index (χ3n) is 8.24. The maximum absolute atomic E-state index is 13.5. The van der Waals surface area contributed by atoms with Gasteiger partial charge < -0.3 is 19.6 Å². The number of rotatable bonds is 6. The number of ether oxygens (including phenoxy) is 1. The Morgan fingerprint density at radius 3 is 2.50 bits per heavy atom. The highest BCUT2D eigenvalue weighted by Crippen LogP contribution is 2.38.